The van der Waals surface area contributed by atoms with Crippen molar-refractivity contribution in [2.75, 3.05) is 51.7 Å². The summed E-state index contributed by atoms with van der Waals surface area (Å²) in [6.45, 7) is 6.23. The molecule has 66 heavy (non-hydrogen) atoms. The molecule has 1 saturated heterocycles. The lowest BCUT2D eigenvalue weighted by Gasteiger charge is -2.35. The van der Waals surface area contributed by atoms with Gasteiger partial charge in [-0.2, -0.15) is 0 Å². The summed E-state index contributed by atoms with van der Waals surface area (Å²) in [5, 5.41) is 23.9. The summed E-state index contributed by atoms with van der Waals surface area (Å²) in [7, 11) is 3.18. The summed E-state index contributed by atoms with van der Waals surface area (Å²) in [6, 6.07) is 7.02. The molecule has 20 heteroatoms. The molecular weight excluding hydrogens is 862 g/mol. The second-order valence-electron chi connectivity index (χ2n) is 16.8. The zero-order valence-corrected chi connectivity index (χ0v) is 38.0. The Morgan fingerprint density at radius 1 is 0.879 bits per heavy atom. The van der Waals surface area contributed by atoms with Crippen molar-refractivity contribution < 1.29 is 57.7 Å². The van der Waals surface area contributed by atoms with Gasteiger partial charge in [-0.15, -0.1) is 0 Å². The fourth-order valence-corrected chi connectivity index (χ4v) is 7.51. The Labute approximate surface area is 381 Å². The molecule has 6 N–H and O–H groups in total. The van der Waals surface area contributed by atoms with Crippen LogP contribution >= 0.6 is 0 Å². The first kappa shape index (κ1) is 51.9. The number of benzene rings is 2. The summed E-state index contributed by atoms with van der Waals surface area (Å²) in [5.74, 6) is -6.82. The summed E-state index contributed by atoms with van der Waals surface area (Å²) in [6.07, 6.45) is -0.0962. The van der Waals surface area contributed by atoms with Crippen LogP contribution < -0.4 is 26.7 Å². The van der Waals surface area contributed by atoms with Crippen LogP contribution in [0.4, 0.5) is 14.9 Å². The predicted molar refractivity (Wildman–Crippen MR) is 240 cm³/mol. The molecule has 0 saturated carbocycles. The third-order valence-corrected chi connectivity index (χ3v) is 11.5. The lowest BCUT2D eigenvalue weighted by Crippen LogP contribution is -2.50. The SMILES string of the molecule is CCn1cc(C(=O)O)c(=O)c2cc(F)c(N3CCN(C(=O)OCc4ccc(CC(=O)[C@H](CN)NC(=O)[C@@H](CC(=O)[C@H](CCC(=O)O)NC(=O)CCCC(=O)N(C)C)C(C)C)cc4)CC3)cc21. The molecule has 1 fully saturated rings. The number of piperazine rings is 1. The van der Waals surface area contributed by atoms with Crippen LogP contribution in [0.5, 0.6) is 0 Å². The van der Waals surface area contributed by atoms with Crippen LogP contribution in [0.2, 0.25) is 0 Å². The van der Waals surface area contributed by atoms with Crippen molar-refractivity contribution in [2.45, 2.75) is 91.0 Å². The van der Waals surface area contributed by atoms with Gasteiger partial charge in [-0.25, -0.2) is 14.0 Å². The summed E-state index contributed by atoms with van der Waals surface area (Å²) < 4.78 is 22.4. The third-order valence-electron chi connectivity index (χ3n) is 11.5. The Balaban J connectivity index is 1.28. The van der Waals surface area contributed by atoms with E-state index in [1.807, 2.05) is 0 Å². The number of Topliss-reactive ketones (excluding diaryl/α,β-unsaturated/α-hetero) is 2. The number of nitrogens with two attached hydrogens (primary N) is 1. The molecule has 4 rings (SSSR count). The van der Waals surface area contributed by atoms with Crippen molar-refractivity contribution in [2.24, 2.45) is 17.6 Å². The molecule has 0 aliphatic carbocycles. The van der Waals surface area contributed by atoms with Crippen LogP contribution in [0, 0.1) is 17.7 Å². The maximum atomic E-state index is 15.3. The number of carboxylic acid groups (broad SMARTS) is 2. The molecule has 1 aliphatic heterocycles. The second kappa shape index (κ2) is 24.0. The molecule has 2 aromatic carbocycles. The van der Waals surface area contributed by atoms with Crippen LogP contribution in [-0.4, -0.2) is 131 Å². The number of carboxylic acids is 2. The highest BCUT2D eigenvalue weighted by Crippen LogP contribution is 2.27. The summed E-state index contributed by atoms with van der Waals surface area (Å²) >= 11 is 0. The van der Waals surface area contributed by atoms with Gasteiger partial charge in [-0.1, -0.05) is 38.1 Å². The van der Waals surface area contributed by atoms with Crippen LogP contribution in [0.3, 0.4) is 0 Å². The fraction of sp³-hybridized carbons (Fsp3) is 0.500. The quantitative estimate of drug-likeness (QED) is 0.0916. The van der Waals surface area contributed by atoms with Crippen molar-refractivity contribution in [3.05, 3.63) is 75.3 Å². The number of aromatic nitrogens is 1. The van der Waals surface area contributed by atoms with Gasteiger partial charge in [0.2, 0.25) is 23.2 Å². The Hall–Kier alpha value is -6.70. The maximum absolute atomic E-state index is 15.3. The van der Waals surface area contributed by atoms with Gasteiger partial charge in [-0.05, 0) is 48.9 Å². The Morgan fingerprint density at radius 3 is 2.11 bits per heavy atom. The number of pyridine rings is 1. The van der Waals surface area contributed by atoms with E-state index >= 15 is 4.39 Å². The number of hydrogen-bond donors (Lipinski definition) is 5. The van der Waals surface area contributed by atoms with Crippen LogP contribution in [0.1, 0.15) is 80.8 Å². The topological polar surface area (TPSA) is 268 Å². The number of carbonyl (C=O) groups excluding carboxylic acids is 6. The van der Waals surface area contributed by atoms with Crippen LogP contribution in [0.15, 0.2) is 47.4 Å². The number of fused-ring (bicyclic) bond motifs is 1. The Kier molecular flexibility index (Phi) is 18.9. The first-order valence-corrected chi connectivity index (χ1v) is 21.9. The number of carbonyl (C=O) groups is 8. The van der Waals surface area contributed by atoms with Gasteiger partial charge in [0.05, 0.1) is 17.2 Å². The highest BCUT2D eigenvalue weighted by molar-refractivity contribution is 5.96. The highest BCUT2D eigenvalue weighted by atomic mass is 19.1. The molecule has 3 atom stereocenters. The van der Waals surface area contributed by atoms with Crippen molar-refractivity contribution >= 4 is 63.9 Å². The third kappa shape index (κ3) is 14.1. The molecule has 0 spiro atoms. The average molecular weight is 922 g/mol. The normalized spacial score (nSPS) is 14.0. The zero-order valence-electron chi connectivity index (χ0n) is 38.0. The summed E-state index contributed by atoms with van der Waals surface area (Å²) in [4.78, 5) is 118. The minimum Gasteiger partial charge on any atom is -0.481 e. The number of ether oxygens (including phenoxy) is 1. The second-order valence-corrected chi connectivity index (χ2v) is 16.8. The number of halogens is 1. The molecule has 358 valence electrons. The number of nitrogens with zero attached hydrogens (tertiary/aromatic N) is 4. The first-order chi connectivity index (χ1) is 31.2. The largest absolute Gasteiger partial charge is 0.481 e. The monoisotopic (exact) mass is 921 g/mol. The number of amides is 4. The van der Waals surface area contributed by atoms with Crippen molar-refractivity contribution in [3.8, 4) is 0 Å². The zero-order chi connectivity index (χ0) is 48.8. The summed E-state index contributed by atoms with van der Waals surface area (Å²) in [5.41, 5.74) is 6.54. The molecule has 0 unspecified atom stereocenters. The van der Waals surface area contributed by atoms with E-state index in [2.05, 4.69) is 10.6 Å². The number of ketones is 2. The number of anilines is 1. The van der Waals surface area contributed by atoms with E-state index in [1.54, 1.807) is 68.6 Å². The van der Waals surface area contributed by atoms with Gasteiger partial charge in [0.15, 0.2) is 11.6 Å². The van der Waals surface area contributed by atoms with Crippen LogP contribution in [0.25, 0.3) is 10.9 Å². The van der Waals surface area contributed by atoms with E-state index in [0.717, 1.165) is 6.07 Å². The molecule has 0 radical (unpaired) electrons. The molecular formula is C46H60FN7O12. The van der Waals surface area contributed by atoms with Gasteiger partial charge in [0, 0.05) is 103 Å². The molecule has 0 bridgehead atoms. The molecule has 19 nitrogen and oxygen atoms in total. The van der Waals surface area contributed by atoms with E-state index in [4.69, 9.17) is 10.5 Å². The lowest BCUT2D eigenvalue weighted by atomic mass is 9.86. The maximum Gasteiger partial charge on any atom is 0.410 e. The number of hydrogen-bond acceptors (Lipinski definition) is 12. The van der Waals surface area contributed by atoms with E-state index in [0.29, 0.717) is 23.2 Å². The van der Waals surface area contributed by atoms with E-state index in [9.17, 15) is 53.4 Å². The van der Waals surface area contributed by atoms with Crippen molar-refractivity contribution in [1.29, 1.82) is 0 Å². The first-order valence-electron chi connectivity index (χ1n) is 21.9. The van der Waals surface area contributed by atoms with E-state index in [1.165, 1.54) is 22.1 Å². The predicted octanol–water partition coefficient (Wildman–Crippen LogP) is 2.71. The van der Waals surface area contributed by atoms with E-state index in [-0.39, 0.29) is 101 Å². The Bertz CT molecular complexity index is 2340. The lowest BCUT2D eigenvalue weighted by molar-refractivity contribution is -0.138. The van der Waals surface area contributed by atoms with Gasteiger partial charge in [0.25, 0.3) is 0 Å². The van der Waals surface area contributed by atoms with Gasteiger partial charge in [-0.3, -0.25) is 33.6 Å². The van der Waals surface area contributed by atoms with Gasteiger partial charge in [0.1, 0.15) is 24.0 Å². The minimum absolute atomic E-state index is 0.0388. The van der Waals surface area contributed by atoms with Gasteiger partial charge >= 0.3 is 18.0 Å². The number of nitrogens with one attached hydrogen (secondary N) is 2. The smallest absolute Gasteiger partial charge is 0.410 e. The van der Waals surface area contributed by atoms with Gasteiger partial charge < -0.3 is 50.6 Å². The number of aromatic carboxylic acids is 1. The number of rotatable bonds is 23. The van der Waals surface area contributed by atoms with Crippen molar-refractivity contribution in [3.63, 3.8) is 0 Å². The van der Waals surface area contributed by atoms with E-state index < -0.39 is 82.6 Å². The molecule has 4 amide bonds. The average Bonchev–Trinajstić information content (AvgIpc) is 3.27. The molecule has 3 aromatic rings. The van der Waals surface area contributed by atoms with Crippen molar-refractivity contribution in [1.82, 2.24) is 25.0 Å². The molecule has 2 heterocycles. The fourth-order valence-electron chi connectivity index (χ4n) is 7.51. The molecule has 1 aromatic heterocycles. The number of aryl methyl sites for hydroxylation is 1. The molecule has 1 aliphatic rings. The van der Waals surface area contributed by atoms with Crippen LogP contribution in [-0.2, 0) is 53.1 Å². The Morgan fingerprint density at radius 2 is 1.53 bits per heavy atom. The standard InChI is InChI=1S/C46H60FN7O12/c1-6-52-25-32(45(63)64)43(61)31-21-33(47)37(23-36(31)52)53-16-18-54(19-17-53)46(65)66-26-29-12-10-28(11-13-29)20-38(55)35(24-48)50-44(62)30(27(2)3)22-39(56)34(14-15-42(59)60)49-40(57)8-7-9-41(58)51(4)5/h10-13,21,23,25,27,30,34-35H,6-9,14-20,22,24,26,48H2,1-5H3,(H,49,57)(H,50,62)(H,59,60)(H,63,64)/t30-,34-,35-/m0/s1. The number of aliphatic carboxylic acids is 1. The highest BCUT2D eigenvalue weighted by Gasteiger charge is 2.32. The minimum atomic E-state index is -1.40.